The molecule has 7 nitrogen and oxygen atoms in total. The molecule has 166 valence electrons. The van der Waals surface area contributed by atoms with E-state index < -0.39 is 35.1 Å². The molecule has 0 aromatic heterocycles. The summed E-state index contributed by atoms with van der Waals surface area (Å²) in [5.41, 5.74) is -1.58. The lowest BCUT2D eigenvalue weighted by molar-refractivity contribution is -0.152. The third-order valence-electron chi connectivity index (χ3n) is 4.10. The minimum atomic E-state index is -4.48. The van der Waals surface area contributed by atoms with Crippen molar-refractivity contribution in [3.63, 3.8) is 0 Å². The number of carboxylic acid groups (broad SMARTS) is 1. The summed E-state index contributed by atoms with van der Waals surface area (Å²) >= 11 is 0. The summed E-state index contributed by atoms with van der Waals surface area (Å²) in [5, 5.41) is 24.7. The number of halogens is 3. The monoisotopic (exact) mass is 438 g/mol. The van der Waals surface area contributed by atoms with Gasteiger partial charge in [-0.3, -0.25) is 10.8 Å². The molecule has 0 aliphatic carbocycles. The predicted octanol–water partition coefficient (Wildman–Crippen LogP) is 4.65. The van der Waals surface area contributed by atoms with Crippen molar-refractivity contribution in [1.29, 1.82) is 10.8 Å². The highest BCUT2D eigenvalue weighted by Crippen LogP contribution is 2.29. The van der Waals surface area contributed by atoms with Crippen molar-refractivity contribution in [3.05, 3.63) is 59.2 Å². The van der Waals surface area contributed by atoms with Crippen molar-refractivity contribution < 1.29 is 37.3 Å². The zero-order valence-corrected chi connectivity index (χ0v) is 17.0. The lowest BCUT2D eigenvalue weighted by Crippen LogP contribution is -2.38. The lowest BCUT2D eigenvalue weighted by Gasteiger charge is -2.23. The molecule has 0 spiro atoms. The molecule has 2 aromatic rings. The van der Waals surface area contributed by atoms with Gasteiger partial charge in [-0.15, -0.1) is 0 Å². The van der Waals surface area contributed by atoms with Gasteiger partial charge in [0.1, 0.15) is 11.5 Å². The van der Waals surface area contributed by atoms with Gasteiger partial charge < -0.3 is 19.3 Å². The van der Waals surface area contributed by atoms with Crippen LogP contribution in [0.4, 0.5) is 13.2 Å². The number of alkyl halides is 3. The van der Waals surface area contributed by atoms with Gasteiger partial charge in [-0.1, -0.05) is 0 Å². The smallest absolute Gasteiger partial charge is 0.416 e. The summed E-state index contributed by atoms with van der Waals surface area (Å²) in [7, 11) is 0. The van der Waals surface area contributed by atoms with Crippen LogP contribution in [0.3, 0.4) is 0 Å². The Kier molecular flexibility index (Phi) is 6.94. The molecule has 0 heterocycles. The molecule has 0 atom stereocenters. The number of ether oxygens (including phenoxy) is 3. The zero-order valence-electron chi connectivity index (χ0n) is 17.0. The quantitative estimate of drug-likeness (QED) is 0.430. The van der Waals surface area contributed by atoms with Gasteiger partial charge in [-0.2, -0.15) is 13.2 Å². The van der Waals surface area contributed by atoms with E-state index in [4.69, 9.17) is 30.1 Å². The second-order valence-corrected chi connectivity index (χ2v) is 7.06. The third kappa shape index (κ3) is 6.46. The molecule has 0 fully saturated rings. The molecule has 0 amide bonds. The molecule has 0 saturated heterocycles. The molecule has 2 rings (SSSR count). The van der Waals surface area contributed by atoms with Crippen LogP contribution in [0.1, 0.15) is 30.5 Å². The highest BCUT2D eigenvalue weighted by atomic mass is 19.4. The summed E-state index contributed by atoms with van der Waals surface area (Å²) in [6.07, 6.45) is -4.48. The molecule has 0 saturated carbocycles. The molecule has 31 heavy (non-hydrogen) atoms. The minimum absolute atomic E-state index is 0.0798. The van der Waals surface area contributed by atoms with E-state index in [1.165, 1.54) is 26.0 Å². The van der Waals surface area contributed by atoms with Crippen molar-refractivity contribution in [2.45, 2.75) is 32.5 Å². The average Bonchev–Trinajstić information content (AvgIpc) is 2.67. The van der Waals surface area contributed by atoms with E-state index in [0.717, 1.165) is 24.3 Å². The molecular formula is C21H21F3N2O5. The maximum atomic E-state index is 12.6. The third-order valence-corrected chi connectivity index (χ3v) is 4.10. The Hall–Kier alpha value is -3.56. The van der Waals surface area contributed by atoms with Gasteiger partial charge in [-0.05, 0) is 68.8 Å². The van der Waals surface area contributed by atoms with Gasteiger partial charge in [0, 0.05) is 5.56 Å². The zero-order chi connectivity index (χ0) is 23.4. The Morgan fingerprint density at radius 2 is 1.68 bits per heavy atom. The molecule has 0 aliphatic rings. The van der Waals surface area contributed by atoms with Gasteiger partial charge in [0.25, 0.3) is 0 Å². The SMILES string of the molecule is Cc1cc(OCC(=N)OC(=N)c2ccc(C(F)(F)F)cc2)ccc1OC(C)(C)C(=O)O. The summed E-state index contributed by atoms with van der Waals surface area (Å²) in [4.78, 5) is 11.2. The number of rotatable bonds is 7. The van der Waals surface area contributed by atoms with E-state index in [9.17, 15) is 18.0 Å². The Labute approximate surface area is 176 Å². The van der Waals surface area contributed by atoms with E-state index in [0.29, 0.717) is 17.1 Å². The highest BCUT2D eigenvalue weighted by molar-refractivity contribution is 5.99. The van der Waals surface area contributed by atoms with E-state index in [1.807, 2.05) is 0 Å². The maximum Gasteiger partial charge on any atom is 0.416 e. The van der Waals surface area contributed by atoms with E-state index in [2.05, 4.69) is 0 Å². The standard InChI is InChI=1S/C21H21F3N2O5/c1-12-10-15(8-9-16(12)31-20(2,3)19(27)28)29-11-17(25)30-18(26)13-4-6-14(7-5-13)21(22,23)24/h4-10,25-26H,11H2,1-3H3,(H,27,28). The predicted molar refractivity (Wildman–Crippen MR) is 106 cm³/mol. The van der Waals surface area contributed by atoms with Crippen LogP contribution in [0, 0.1) is 17.7 Å². The van der Waals surface area contributed by atoms with Gasteiger partial charge in [0.05, 0.1) is 5.56 Å². The van der Waals surface area contributed by atoms with Crippen molar-refractivity contribution in [2.75, 3.05) is 6.61 Å². The summed E-state index contributed by atoms with van der Waals surface area (Å²) in [6, 6.07) is 8.46. The van der Waals surface area contributed by atoms with Gasteiger partial charge in [0.15, 0.2) is 12.2 Å². The molecule has 0 aliphatic heterocycles. The second kappa shape index (κ2) is 9.07. The number of aryl methyl sites for hydroxylation is 1. The van der Waals surface area contributed by atoms with Crippen molar-refractivity contribution in [2.24, 2.45) is 0 Å². The van der Waals surface area contributed by atoms with Crippen LogP contribution in [-0.4, -0.2) is 35.1 Å². The highest BCUT2D eigenvalue weighted by Gasteiger charge is 2.31. The number of carboxylic acids is 1. The van der Waals surface area contributed by atoms with Crippen LogP contribution in [0.15, 0.2) is 42.5 Å². The van der Waals surface area contributed by atoms with Crippen LogP contribution in [0.2, 0.25) is 0 Å². The van der Waals surface area contributed by atoms with Crippen LogP contribution in [0.25, 0.3) is 0 Å². The Morgan fingerprint density at radius 1 is 1.06 bits per heavy atom. The molecular weight excluding hydrogens is 417 g/mol. The van der Waals surface area contributed by atoms with Crippen molar-refractivity contribution >= 4 is 17.8 Å². The van der Waals surface area contributed by atoms with Crippen molar-refractivity contribution in [1.82, 2.24) is 0 Å². The number of carbonyl (C=O) groups is 1. The lowest BCUT2D eigenvalue weighted by atomic mass is 10.1. The number of nitrogens with one attached hydrogen (secondary N) is 2. The molecule has 0 radical (unpaired) electrons. The number of hydrogen-bond donors (Lipinski definition) is 3. The van der Waals surface area contributed by atoms with Gasteiger partial charge in [-0.25, -0.2) is 4.79 Å². The van der Waals surface area contributed by atoms with Crippen molar-refractivity contribution in [3.8, 4) is 11.5 Å². The number of benzene rings is 2. The molecule has 0 unspecified atom stereocenters. The summed E-state index contributed by atoms with van der Waals surface area (Å²) in [5.74, 6) is -1.32. The van der Waals surface area contributed by atoms with Gasteiger partial charge in [0.2, 0.25) is 11.8 Å². The Morgan fingerprint density at radius 3 is 2.19 bits per heavy atom. The molecule has 3 N–H and O–H groups in total. The van der Waals surface area contributed by atoms with Crippen LogP contribution >= 0.6 is 0 Å². The Bertz CT molecular complexity index is 985. The summed E-state index contributed by atoms with van der Waals surface area (Å²) < 4.78 is 53.7. The fourth-order valence-corrected chi connectivity index (χ4v) is 2.32. The minimum Gasteiger partial charge on any atom is -0.484 e. The first-order chi connectivity index (χ1) is 14.3. The van der Waals surface area contributed by atoms with Crippen LogP contribution < -0.4 is 9.47 Å². The topological polar surface area (TPSA) is 113 Å². The fourth-order valence-electron chi connectivity index (χ4n) is 2.32. The second-order valence-electron chi connectivity index (χ2n) is 7.06. The fraction of sp³-hybridized carbons (Fsp3) is 0.286. The van der Waals surface area contributed by atoms with E-state index in [1.54, 1.807) is 13.0 Å². The van der Waals surface area contributed by atoms with Crippen LogP contribution in [-0.2, 0) is 15.7 Å². The van der Waals surface area contributed by atoms with Crippen LogP contribution in [0.5, 0.6) is 11.5 Å². The first kappa shape index (κ1) is 23.7. The molecule has 0 bridgehead atoms. The Balaban J connectivity index is 1.93. The van der Waals surface area contributed by atoms with E-state index in [-0.39, 0.29) is 12.2 Å². The first-order valence-electron chi connectivity index (χ1n) is 8.97. The summed E-state index contributed by atoms with van der Waals surface area (Å²) in [6.45, 7) is 4.21. The number of hydrogen-bond acceptors (Lipinski definition) is 6. The first-order valence-corrected chi connectivity index (χ1v) is 8.97. The molecule has 10 heteroatoms. The van der Waals surface area contributed by atoms with Gasteiger partial charge >= 0.3 is 12.1 Å². The maximum absolute atomic E-state index is 12.6. The number of aliphatic carboxylic acids is 1. The largest absolute Gasteiger partial charge is 0.484 e. The average molecular weight is 438 g/mol. The molecule has 2 aromatic carbocycles. The normalized spacial score (nSPS) is 11.5. The van der Waals surface area contributed by atoms with E-state index >= 15 is 0 Å².